The molecule has 0 bridgehead atoms. The van der Waals surface area contributed by atoms with Crippen LogP contribution in [0.2, 0.25) is 0 Å². The maximum Gasteiger partial charge on any atom is 0.322 e. The number of hydrogen-bond acceptors (Lipinski definition) is 4. The van der Waals surface area contributed by atoms with Crippen LogP contribution in [0.15, 0.2) is 23.1 Å². The lowest BCUT2D eigenvalue weighted by Crippen LogP contribution is -2.42. The Morgan fingerprint density at radius 3 is 2.30 bits per heavy atom. The van der Waals surface area contributed by atoms with Crippen LogP contribution in [0.1, 0.15) is 6.42 Å². The summed E-state index contributed by atoms with van der Waals surface area (Å²) in [5.74, 6) is -5.73. The monoisotopic (exact) mass is 309 g/mol. The summed E-state index contributed by atoms with van der Waals surface area (Å²) >= 11 is 0. The van der Waals surface area contributed by atoms with Crippen molar-refractivity contribution in [3.8, 4) is 0 Å². The Balaban J connectivity index is 3.09. The molecule has 0 heterocycles. The van der Waals surface area contributed by atoms with Crippen molar-refractivity contribution in [1.82, 2.24) is 4.72 Å². The standard InChI is InChI=1S/C10H9F2NO6S/c11-5-1-2-8(6(12)3-5)20(18,19)13-7(10(16)17)4-9(14)15/h1-3,7,13H,4H2,(H,14,15)(H,16,17). The molecule has 1 unspecified atom stereocenters. The van der Waals surface area contributed by atoms with Crippen LogP contribution in [0, 0.1) is 11.6 Å². The van der Waals surface area contributed by atoms with Gasteiger partial charge in [-0.2, -0.15) is 4.72 Å². The molecule has 10 heteroatoms. The molecule has 3 N–H and O–H groups in total. The van der Waals surface area contributed by atoms with Crippen LogP contribution in [0.3, 0.4) is 0 Å². The molecule has 0 spiro atoms. The second-order valence-electron chi connectivity index (χ2n) is 3.68. The van der Waals surface area contributed by atoms with Crippen molar-refractivity contribution in [3.05, 3.63) is 29.8 Å². The third-order valence-corrected chi connectivity index (χ3v) is 3.66. The van der Waals surface area contributed by atoms with E-state index in [9.17, 15) is 26.8 Å². The average molecular weight is 309 g/mol. The number of aliphatic carboxylic acids is 2. The zero-order valence-electron chi connectivity index (χ0n) is 9.71. The SMILES string of the molecule is O=C(O)CC(NS(=O)(=O)c1ccc(F)cc1F)C(=O)O. The predicted octanol–water partition coefficient (Wildman–Crippen LogP) is 0.171. The zero-order chi connectivity index (χ0) is 15.5. The molecule has 1 rings (SSSR count). The second kappa shape index (κ2) is 5.92. The summed E-state index contributed by atoms with van der Waals surface area (Å²) in [5.41, 5.74) is 0. The van der Waals surface area contributed by atoms with Crippen molar-refractivity contribution in [2.24, 2.45) is 0 Å². The van der Waals surface area contributed by atoms with E-state index >= 15 is 0 Å². The minimum absolute atomic E-state index is 0.307. The van der Waals surface area contributed by atoms with Gasteiger partial charge in [0, 0.05) is 6.07 Å². The van der Waals surface area contributed by atoms with E-state index in [1.54, 1.807) is 0 Å². The number of hydrogen-bond donors (Lipinski definition) is 3. The molecule has 110 valence electrons. The van der Waals surface area contributed by atoms with Crippen molar-refractivity contribution < 1.29 is 37.0 Å². The molecule has 0 aliphatic heterocycles. The fraction of sp³-hybridized carbons (Fsp3) is 0.200. The van der Waals surface area contributed by atoms with Crippen LogP contribution in [0.4, 0.5) is 8.78 Å². The first-order valence-corrected chi connectivity index (χ1v) is 6.54. The minimum atomic E-state index is -4.63. The number of carboxylic acid groups (broad SMARTS) is 2. The van der Waals surface area contributed by atoms with E-state index < -0.39 is 51.0 Å². The summed E-state index contributed by atoms with van der Waals surface area (Å²) in [5, 5.41) is 17.2. The van der Waals surface area contributed by atoms with Crippen molar-refractivity contribution in [3.63, 3.8) is 0 Å². The van der Waals surface area contributed by atoms with Gasteiger partial charge in [-0.05, 0) is 12.1 Å². The van der Waals surface area contributed by atoms with E-state index in [2.05, 4.69) is 0 Å². The lowest BCUT2D eigenvalue weighted by molar-refractivity contribution is -0.145. The van der Waals surface area contributed by atoms with Crippen LogP contribution in [-0.2, 0) is 19.6 Å². The van der Waals surface area contributed by atoms with Crippen LogP contribution < -0.4 is 4.72 Å². The molecule has 0 aliphatic rings. The maximum atomic E-state index is 13.3. The minimum Gasteiger partial charge on any atom is -0.481 e. The summed E-state index contributed by atoms with van der Waals surface area (Å²) in [6.45, 7) is 0. The third kappa shape index (κ3) is 3.96. The number of sulfonamides is 1. The summed E-state index contributed by atoms with van der Waals surface area (Å²) < 4.78 is 51.0. The molecular formula is C10H9F2NO6S. The van der Waals surface area contributed by atoms with Gasteiger partial charge in [0.15, 0.2) is 0 Å². The molecule has 0 aliphatic carbocycles. The van der Waals surface area contributed by atoms with Gasteiger partial charge >= 0.3 is 11.9 Å². The Morgan fingerprint density at radius 1 is 1.25 bits per heavy atom. The first-order valence-electron chi connectivity index (χ1n) is 5.05. The van der Waals surface area contributed by atoms with Gasteiger partial charge in [-0.15, -0.1) is 0 Å². The highest BCUT2D eigenvalue weighted by Gasteiger charge is 2.29. The molecule has 0 fully saturated rings. The lowest BCUT2D eigenvalue weighted by atomic mass is 10.2. The van der Waals surface area contributed by atoms with Crippen molar-refractivity contribution in [2.75, 3.05) is 0 Å². The zero-order valence-corrected chi connectivity index (χ0v) is 10.5. The Labute approximate surface area is 111 Å². The van der Waals surface area contributed by atoms with E-state index in [4.69, 9.17) is 10.2 Å². The van der Waals surface area contributed by atoms with Gasteiger partial charge < -0.3 is 10.2 Å². The summed E-state index contributed by atoms with van der Waals surface area (Å²) in [6.07, 6.45) is -1.03. The molecule has 0 saturated heterocycles. The van der Waals surface area contributed by atoms with Crippen molar-refractivity contribution in [1.29, 1.82) is 0 Å². The molecule has 0 radical (unpaired) electrons. The van der Waals surface area contributed by atoms with E-state index in [0.29, 0.717) is 18.2 Å². The fourth-order valence-corrected chi connectivity index (χ4v) is 2.55. The molecule has 0 aromatic heterocycles. The van der Waals surface area contributed by atoms with Crippen LogP contribution in [-0.4, -0.2) is 36.6 Å². The number of carbonyl (C=O) groups is 2. The quantitative estimate of drug-likeness (QED) is 0.689. The Morgan fingerprint density at radius 2 is 1.85 bits per heavy atom. The van der Waals surface area contributed by atoms with E-state index in [-0.39, 0.29) is 0 Å². The smallest absolute Gasteiger partial charge is 0.322 e. The highest BCUT2D eigenvalue weighted by Crippen LogP contribution is 2.16. The highest BCUT2D eigenvalue weighted by atomic mass is 32.2. The molecule has 1 aromatic carbocycles. The molecular weight excluding hydrogens is 300 g/mol. The fourth-order valence-electron chi connectivity index (χ4n) is 1.30. The number of rotatable bonds is 6. The first-order chi connectivity index (χ1) is 9.13. The van der Waals surface area contributed by atoms with Gasteiger partial charge in [0.05, 0.1) is 6.42 Å². The van der Waals surface area contributed by atoms with E-state index in [0.717, 1.165) is 0 Å². The molecule has 1 aromatic rings. The number of benzene rings is 1. The Kier molecular flexibility index (Phi) is 4.73. The van der Waals surface area contributed by atoms with Gasteiger partial charge in [-0.1, -0.05) is 0 Å². The summed E-state index contributed by atoms with van der Waals surface area (Å²) in [6, 6.07) is -0.388. The molecule has 1 atom stereocenters. The van der Waals surface area contributed by atoms with Crippen molar-refractivity contribution >= 4 is 22.0 Å². The van der Waals surface area contributed by atoms with Gasteiger partial charge in [-0.3, -0.25) is 9.59 Å². The topological polar surface area (TPSA) is 121 Å². The third-order valence-electron chi connectivity index (χ3n) is 2.16. The van der Waals surface area contributed by atoms with Gasteiger partial charge in [0.1, 0.15) is 22.6 Å². The summed E-state index contributed by atoms with van der Waals surface area (Å²) in [7, 11) is -4.63. The Bertz CT molecular complexity index is 645. The second-order valence-corrected chi connectivity index (χ2v) is 5.37. The van der Waals surface area contributed by atoms with Crippen LogP contribution in [0.5, 0.6) is 0 Å². The molecule has 7 nitrogen and oxygen atoms in total. The maximum absolute atomic E-state index is 13.3. The van der Waals surface area contributed by atoms with E-state index in [1.807, 2.05) is 0 Å². The number of nitrogens with one attached hydrogen (secondary N) is 1. The van der Waals surface area contributed by atoms with Crippen LogP contribution >= 0.6 is 0 Å². The average Bonchev–Trinajstić information content (AvgIpc) is 2.26. The van der Waals surface area contributed by atoms with Gasteiger partial charge in [-0.25, -0.2) is 17.2 Å². The lowest BCUT2D eigenvalue weighted by Gasteiger charge is -2.13. The first kappa shape index (κ1) is 16.0. The van der Waals surface area contributed by atoms with E-state index in [1.165, 1.54) is 4.72 Å². The largest absolute Gasteiger partial charge is 0.481 e. The summed E-state index contributed by atoms with van der Waals surface area (Å²) in [4.78, 5) is 20.2. The number of halogens is 2. The van der Waals surface area contributed by atoms with Crippen molar-refractivity contribution in [2.45, 2.75) is 17.4 Å². The number of carboxylic acids is 2. The van der Waals surface area contributed by atoms with Gasteiger partial charge in [0.25, 0.3) is 0 Å². The Hall–Kier alpha value is -2.07. The molecule has 0 amide bonds. The predicted molar refractivity (Wildman–Crippen MR) is 60.4 cm³/mol. The van der Waals surface area contributed by atoms with Crippen LogP contribution in [0.25, 0.3) is 0 Å². The highest BCUT2D eigenvalue weighted by molar-refractivity contribution is 7.89. The van der Waals surface area contributed by atoms with Gasteiger partial charge in [0.2, 0.25) is 10.0 Å². The normalized spacial score (nSPS) is 12.9. The molecule has 20 heavy (non-hydrogen) atoms. The molecule has 0 saturated carbocycles.